The van der Waals surface area contributed by atoms with E-state index in [9.17, 15) is 9.59 Å². The maximum atomic E-state index is 12.0. The van der Waals surface area contributed by atoms with Crippen LogP contribution in [0.1, 0.15) is 25.8 Å². The molecule has 0 heterocycles. The van der Waals surface area contributed by atoms with Crippen LogP contribution in [0.3, 0.4) is 0 Å². The Morgan fingerprint density at radius 1 is 1.17 bits per heavy atom. The summed E-state index contributed by atoms with van der Waals surface area (Å²) in [6.45, 7) is 3.81. The van der Waals surface area contributed by atoms with E-state index < -0.39 is 0 Å². The molecule has 0 saturated heterocycles. The lowest BCUT2D eigenvalue weighted by atomic mass is 10.0. The highest BCUT2D eigenvalue weighted by Gasteiger charge is 2.11. The molecule has 0 saturated carbocycles. The van der Waals surface area contributed by atoms with E-state index in [4.69, 9.17) is 9.47 Å². The molecule has 2 aromatic carbocycles. The number of fused-ring (bicyclic) bond motifs is 1. The number of nitrogens with one attached hydrogen (secondary N) is 1. The molecule has 0 spiro atoms. The van der Waals surface area contributed by atoms with Gasteiger partial charge in [-0.15, -0.1) is 0 Å². The molecule has 23 heavy (non-hydrogen) atoms. The average Bonchev–Trinajstić information content (AvgIpc) is 2.52. The van der Waals surface area contributed by atoms with Crippen molar-refractivity contribution >= 4 is 28.3 Å². The zero-order valence-electron chi connectivity index (χ0n) is 13.6. The Bertz CT molecular complexity index is 724. The van der Waals surface area contributed by atoms with E-state index in [0.717, 1.165) is 22.8 Å². The van der Waals surface area contributed by atoms with Crippen LogP contribution in [0.4, 0.5) is 5.69 Å². The molecule has 0 unspecified atom stereocenters. The van der Waals surface area contributed by atoms with Crippen LogP contribution in [-0.4, -0.2) is 25.6 Å². The fourth-order valence-electron chi connectivity index (χ4n) is 2.39. The summed E-state index contributed by atoms with van der Waals surface area (Å²) >= 11 is 0. The number of carbonyl (C=O) groups excluding carboxylic acids is 2. The molecular weight excluding hydrogens is 294 g/mol. The van der Waals surface area contributed by atoms with E-state index in [1.54, 1.807) is 13.2 Å². The van der Waals surface area contributed by atoms with Crippen LogP contribution < -0.4 is 10.1 Å². The molecule has 0 aliphatic rings. The third kappa shape index (κ3) is 4.45. The topological polar surface area (TPSA) is 64.6 Å². The minimum Gasteiger partial charge on any atom is -0.497 e. The molecule has 1 amide bonds. The lowest BCUT2D eigenvalue weighted by molar-refractivity contribution is -0.142. The van der Waals surface area contributed by atoms with Gasteiger partial charge in [-0.2, -0.15) is 0 Å². The van der Waals surface area contributed by atoms with Crippen molar-refractivity contribution in [3.63, 3.8) is 0 Å². The molecule has 2 aromatic rings. The Morgan fingerprint density at radius 3 is 2.61 bits per heavy atom. The van der Waals surface area contributed by atoms with Crippen molar-refractivity contribution in [3.8, 4) is 5.75 Å². The SMILES string of the molecule is CCCOC(=O)Cc1cc(NC(C)=O)cc2ccc(OC)cc12. The van der Waals surface area contributed by atoms with E-state index in [1.807, 2.05) is 31.2 Å². The van der Waals surface area contributed by atoms with Crippen molar-refractivity contribution < 1.29 is 19.1 Å². The minimum absolute atomic E-state index is 0.150. The smallest absolute Gasteiger partial charge is 0.310 e. The first-order valence-corrected chi connectivity index (χ1v) is 7.57. The number of benzene rings is 2. The third-order valence-corrected chi connectivity index (χ3v) is 3.37. The molecule has 0 aliphatic carbocycles. The number of anilines is 1. The van der Waals surface area contributed by atoms with Crippen LogP contribution in [0, 0.1) is 0 Å². The summed E-state index contributed by atoms with van der Waals surface area (Å²) in [5.41, 5.74) is 1.46. The fraction of sp³-hybridized carbons (Fsp3) is 0.333. The van der Waals surface area contributed by atoms with E-state index in [0.29, 0.717) is 18.0 Å². The molecular formula is C18H21NO4. The Kier molecular flexibility index (Phi) is 5.57. The van der Waals surface area contributed by atoms with Gasteiger partial charge in [0.1, 0.15) is 5.75 Å². The van der Waals surface area contributed by atoms with Crippen LogP contribution >= 0.6 is 0 Å². The summed E-state index contributed by atoms with van der Waals surface area (Å²) in [5, 5.41) is 4.60. The van der Waals surface area contributed by atoms with E-state index in [-0.39, 0.29) is 18.3 Å². The highest BCUT2D eigenvalue weighted by molar-refractivity contribution is 5.96. The van der Waals surface area contributed by atoms with Gasteiger partial charge in [0, 0.05) is 12.6 Å². The number of rotatable bonds is 6. The molecule has 0 atom stereocenters. The third-order valence-electron chi connectivity index (χ3n) is 3.37. The van der Waals surface area contributed by atoms with E-state index >= 15 is 0 Å². The van der Waals surface area contributed by atoms with E-state index in [2.05, 4.69) is 5.32 Å². The summed E-state index contributed by atoms with van der Waals surface area (Å²) < 4.78 is 10.4. The van der Waals surface area contributed by atoms with Gasteiger partial charge in [0.05, 0.1) is 20.1 Å². The quantitative estimate of drug-likeness (QED) is 0.831. The number of carbonyl (C=O) groups is 2. The standard InChI is InChI=1S/C18H21NO4/c1-4-7-23-18(21)10-14-9-15(19-12(2)20)8-13-5-6-16(22-3)11-17(13)14/h5-6,8-9,11H,4,7,10H2,1-3H3,(H,19,20). The minimum atomic E-state index is -0.282. The van der Waals surface area contributed by atoms with Crippen molar-refractivity contribution in [1.29, 1.82) is 0 Å². The largest absolute Gasteiger partial charge is 0.497 e. The Labute approximate surface area is 135 Å². The van der Waals surface area contributed by atoms with Gasteiger partial charge in [-0.25, -0.2) is 0 Å². The van der Waals surface area contributed by atoms with Gasteiger partial charge in [0.2, 0.25) is 5.91 Å². The molecule has 0 radical (unpaired) electrons. The average molecular weight is 315 g/mol. The van der Waals surface area contributed by atoms with Crippen molar-refractivity contribution in [1.82, 2.24) is 0 Å². The summed E-state index contributed by atoms with van der Waals surface area (Å²) in [6, 6.07) is 9.31. The highest BCUT2D eigenvalue weighted by Crippen LogP contribution is 2.28. The lowest BCUT2D eigenvalue weighted by Gasteiger charge is -2.12. The van der Waals surface area contributed by atoms with Crippen LogP contribution in [-0.2, 0) is 20.7 Å². The molecule has 2 rings (SSSR count). The first kappa shape index (κ1) is 16.8. The monoisotopic (exact) mass is 315 g/mol. The summed E-state index contributed by atoms with van der Waals surface area (Å²) in [6.07, 6.45) is 0.934. The molecule has 0 fully saturated rings. The molecule has 1 N–H and O–H groups in total. The van der Waals surface area contributed by atoms with Crippen molar-refractivity contribution in [2.24, 2.45) is 0 Å². The fourth-order valence-corrected chi connectivity index (χ4v) is 2.39. The summed E-state index contributed by atoms with van der Waals surface area (Å²) in [7, 11) is 1.60. The van der Waals surface area contributed by atoms with Crippen LogP contribution in [0.15, 0.2) is 30.3 Å². The van der Waals surface area contributed by atoms with Gasteiger partial charge in [-0.1, -0.05) is 13.0 Å². The molecule has 5 nitrogen and oxygen atoms in total. The molecule has 0 aliphatic heterocycles. The Hall–Kier alpha value is -2.56. The highest BCUT2D eigenvalue weighted by atomic mass is 16.5. The number of hydrogen-bond donors (Lipinski definition) is 1. The van der Waals surface area contributed by atoms with Gasteiger partial charge in [0.25, 0.3) is 0 Å². The maximum absolute atomic E-state index is 12.0. The van der Waals surface area contributed by atoms with Crippen LogP contribution in [0.5, 0.6) is 5.75 Å². The zero-order chi connectivity index (χ0) is 16.8. The second-order valence-corrected chi connectivity index (χ2v) is 5.30. The predicted molar refractivity (Wildman–Crippen MR) is 89.8 cm³/mol. The molecule has 0 aromatic heterocycles. The number of ether oxygens (including phenoxy) is 2. The van der Waals surface area contributed by atoms with Gasteiger partial charge in [-0.05, 0) is 47.0 Å². The number of hydrogen-bond acceptors (Lipinski definition) is 4. The second kappa shape index (κ2) is 7.63. The number of esters is 1. The number of methoxy groups -OCH3 is 1. The van der Waals surface area contributed by atoms with Crippen molar-refractivity contribution in [2.75, 3.05) is 19.0 Å². The second-order valence-electron chi connectivity index (χ2n) is 5.30. The molecule has 5 heteroatoms. The van der Waals surface area contributed by atoms with Crippen molar-refractivity contribution in [2.45, 2.75) is 26.7 Å². The Balaban J connectivity index is 2.43. The van der Waals surface area contributed by atoms with Gasteiger partial charge in [0.15, 0.2) is 0 Å². The van der Waals surface area contributed by atoms with Crippen LogP contribution in [0.25, 0.3) is 10.8 Å². The van der Waals surface area contributed by atoms with Gasteiger partial charge < -0.3 is 14.8 Å². The lowest BCUT2D eigenvalue weighted by Crippen LogP contribution is -2.10. The first-order chi connectivity index (χ1) is 11.0. The molecule has 0 bridgehead atoms. The molecule has 122 valence electrons. The summed E-state index contributed by atoms with van der Waals surface area (Å²) in [5.74, 6) is 0.279. The number of amides is 1. The van der Waals surface area contributed by atoms with Gasteiger partial charge >= 0.3 is 5.97 Å². The van der Waals surface area contributed by atoms with Crippen LogP contribution in [0.2, 0.25) is 0 Å². The maximum Gasteiger partial charge on any atom is 0.310 e. The van der Waals surface area contributed by atoms with Crippen molar-refractivity contribution in [3.05, 3.63) is 35.9 Å². The Morgan fingerprint density at radius 2 is 1.96 bits per heavy atom. The van der Waals surface area contributed by atoms with Gasteiger partial charge in [-0.3, -0.25) is 9.59 Å². The normalized spacial score (nSPS) is 10.4. The summed E-state index contributed by atoms with van der Waals surface area (Å²) in [4.78, 5) is 23.3. The van der Waals surface area contributed by atoms with E-state index in [1.165, 1.54) is 6.92 Å². The first-order valence-electron chi connectivity index (χ1n) is 7.57. The zero-order valence-corrected chi connectivity index (χ0v) is 13.6. The predicted octanol–water partition coefficient (Wildman–Crippen LogP) is 3.30.